The number of halogens is 3. The van der Waals surface area contributed by atoms with Gasteiger partial charge in [-0.1, -0.05) is 0 Å². The summed E-state index contributed by atoms with van der Waals surface area (Å²) in [4.78, 5) is 32.0. The number of rotatable bonds is 6. The van der Waals surface area contributed by atoms with Gasteiger partial charge in [-0.15, -0.1) is 0 Å². The number of nitrogens with zero attached hydrogens (tertiary/aromatic N) is 3. The molecular formula is C20H23F3N4O2S. The second-order valence-electron chi connectivity index (χ2n) is 7.00. The van der Waals surface area contributed by atoms with Crippen molar-refractivity contribution in [3.63, 3.8) is 0 Å². The molecule has 0 atom stereocenters. The highest BCUT2D eigenvalue weighted by molar-refractivity contribution is 7.08. The number of pyridine rings is 1. The van der Waals surface area contributed by atoms with Crippen LogP contribution >= 0.6 is 11.3 Å². The van der Waals surface area contributed by atoms with E-state index in [0.29, 0.717) is 63.4 Å². The van der Waals surface area contributed by atoms with E-state index >= 15 is 0 Å². The summed E-state index contributed by atoms with van der Waals surface area (Å²) in [5, 5.41) is 6.41. The van der Waals surface area contributed by atoms with Crippen molar-refractivity contribution < 1.29 is 22.8 Å². The Bertz CT molecular complexity index is 841. The molecule has 0 aromatic carbocycles. The molecule has 0 unspecified atom stereocenters. The van der Waals surface area contributed by atoms with Crippen molar-refractivity contribution in [2.75, 3.05) is 37.6 Å². The Morgan fingerprint density at radius 2 is 1.97 bits per heavy atom. The van der Waals surface area contributed by atoms with Gasteiger partial charge >= 0.3 is 6.18 Å². The van der Waals surface area contributed by atoms with Crippen molar-refractivity contribution in [1.82, 2.24) is 15.2 Å². The van der Waals surface area contributed by atoms with E-state index in [2.05, 4.69) is 10.3 Å². The first-order chi connectivity index (χ1) is 14.3. The van der Waals surface area contributed by atoms with Crippen LogP contribution in [0, 0.1) is 0 Å². The smallest absolute Gasteiger partial charge is 0.355 e. The lowest BCUT2D eigenvalue weighted by Gasteiger charge is -2.23. The fraction of sp³-hybridized carbons (Fsp3) is 0.450. The van der Waals surface area contributed by atoms with Crippen molar-refractivity contribution in [2.24, 2.45) is 0 Å². The highest BCUT2D eigenvalue weighted by atomic mass is 32.1. The summed E-state index contributed by atoms with van der Waals surface area (Å²) < 4.78 is 38.1. The normalized spacial score (nSPS) is 15.0. The molecule has 3 rings (SSSR count). The first kappa shape index (κ1) is 22.1. The minimum atomic E-state index is -4.41. The van der Waals surface area contributed by atoms with Gasteiger partial charge in [-0.2, -0.15) is 24.5 Å². The van der Waals surface area contributed by atoms with Crippen molar-refractivity contribution in [2.45, 2.75) is 25.4 Å². The molecule has 10 heteroatoms. The Kier molecular flexibility index (Phi) is 7.30. The molecule has 1 aliphatic rings. The zero-order valence-electron chi connectivity index (χ0n) is 16.3. The van der Waals surface area contributed by atoms with E-state index in [4.69, 9.17) is 0 Å². The third-order valence-corrected chi connectivity index (χ3v) is 5.57. The molecule has 162 valence electrons. The number of aromatic nitrogens is 1. The second kappa shape index (κ2) is 9.92. The molecule has 0 radical (unpaired) electrons. The lowest BCUT2D eigenvalue weighted by molar-refractivity contribution is -0.137. The van der Waals surface area contributed by atoms with Crippen LogP contribution in [-0.4, -0.2) is 54.4 Å². The van der Waals surface area contributed by atoms with E-state index in [9.17, 15) is 22.8 Å². The SMILES string of the molecule is O=C(NCCCC(=O)N1CCCN(c2ccc(C(F)(F)F)cn2)CC1)c1ccsc1. The average molecular weight is 440 g/mol. The second-order valence-corrected chi connectivity index (χ2v) is 7.78. The minimum Gasteiger partial charge on any atom is -0.355 e. The minimum absolute atomic E-state index is 0.0158. The third kappa shape index (κ3) is 5.94. The fourth-order valence-corrected chi connectivity index (χ4v) is 3.87. The van der Waals surface area contributed by atoms with Crippen LogP contribution in [0.15, 0.2) is 35.2 Å². The van der Waals surface area contributed by atoms with E-state index in [-0.39, 0.29) is 11.8 Å². The van der Waals surface area contributed by atoms with Crippen LogP contribution in [0.4, 0.5) is 19.0 Å². The molecular weight excluding hydrogens is 417 g/mol. The highest BCUT2D eigenvalue weighted by Gasteiger charge is 2.31. The van der Waals surface area contributed by atoms with Crippen LogP contribution in [0.5, 0.6) is 0 Å². The van der Waals surface area contributed by atoms with Crippen LogP contribution in [-0.2, 0) is 11.0 Å². The van der Waals surface area contributed by atoms with Crippen molar-refractivity contribution in [3.05, 3.63) is 46.3 Å². The number of amides is 2. The maximum absolute atomic E-state index is 12.7. The van der Waals surface area contributed by atoms with Crippen molar-refractivity contribution >= 4 is 29.0 Å². The number of hydrogen-bond donors (Lipinski definition) is 1. The third-order valence-electron chi connectivity index (χ3n) is 4.88. The Morgan fingerprint density at radius 3 is 2.63 bits per heavy atom. The summed E-state index contributed by atoms with van der Waals surface area (Å²) in [5.41, 5.74) is -0.153. The summed E-state index contributed by atoms with van der Waals surface area (Å²) in [5.74, 6) is 0.355. The average Bonchev–Trinajstić information content (AvgIpc) is 3.15. The van der Waals surface area contributed by atoms with Gasteiger partial charge in [-0.25, -0.2) is 4.98 Å². The van der Waals surface area contributed by atoms with Crippen LogP contribution in [0.1, 0.15) is 35.2 Å². The predicted octanol–water partition coefficient (Wildman–Crippen LogP) is 3.41. The van der Waals surface area contributed by atoms with Crippen LogP contribution < -0.4 is 10.2 Å². The number of carbonyl (C=O) groups is 2. The molecule has 3 heterocycles. The predicted molar refractivity (Wildman–Crippen MR) is 109 cm³/mol. The number of alkyl halides is 3. The maximum atomic E-state index is 12.7. The molecule has 2 aromatic rings. The largest absolute Gasteiger partial charge is 0.417 e. The highest BCUT2D eigenvalue weighted by Crippen LogP contribution is 2.29. The molecule has 0 saturated carbocycles. The molecule has 0 aliphatic carbocycles. The van der Waals surface area contributed by atoms with E-state index in [1.165, 1.54) is 17.4 Å². The van der Waals surface area contributed by atoms with Crippen LogP contribution in [0.3, 0.4) is 0 Å². The van der Waals surface area contributed by atoms with E-state index in [1.54, 1.807) is 16.3 Å². The number of carbonyl (C=O) groups excluding carboxylic acids is 2. The molecule has 2 aromatic heterocycles. The summed E-state index contributed by atoms with van der Waals surface area (Å²) >= 11 is 1.45. The first-order valence-electron chi connectivity index (χ1n) is 9.71. The Labute approximate surface area is 176 Å². The number of anilines is 1. The molecule has 1 N–H and O–H groups in total. The van der Waals surface area contributed by atoms with Gasteiger partial charge in [0.1, 0.15) is 5.82 Å². The topological polar surface area (TPSA) is 65.5 Å². The Balaban J connectivity index is 1.43. The molecule has 0 spiro atoms. The van der Waals surface area contributed by atoms with Gasteiger partial charge in [0.05, 0.1) is 5.56 Å². The van der Waals surface area contributed by atoms with Gasteiger partial charge in [0, 0.05) is 56.3 Å². The fourth-order valence-electron chi connectivity index (χ4n) is 3.23. The Morgan fingerprint density at radius 1 is 1.13 bits per heavy atom. The number of thiophene rings is 1. The van der Waals surface area contributed by atoms with E-state index < -0.39 is 11.7 Å². The summed E-state index contributed by atoms with van der Waals surface area (Å²) in [7, 11) is 0. The zero-order valence-corrected chi connectivity index (χ0v) is 17.1. The molecule has 6 nitrogen and oxygen atoms in total. The van der Waals surface area contributed by atoms with Gasteiger partial charge in [0.25, 0.3) is 5.91 Å². The summed E-state index contributed by atoms with van der Waals surface area (Å²) in [6, 6.07) is 4.15. The van der Waals surface area contributed by atoms with Gasteiger partial charge in [0.2, 0.25) is 5.91 Å². The summed E-state index contributed by atoms with van der Waals surface area (Å²) in [6.45, 7) is 2.65. The number of nitrogens with one attached hydrogen (secondary N) is 1. The molecule has 1 fully saturated rings. The molecule has 0 bridgehead atoms. The molecule has 1 saturated heterocycles. The van der Waals surface area contributed by atoms with Crippen LogP contribution in [0.2, 0.25) is 0 Å². The molecule has 1 aliphatic heterocycles. The molecule has 2 amide bonds. The Hall–Kier alpha value is -2.62. The summed E-state index contributed by atoms with van der Waals surface area (Å²) in [6.07, 6.45) is -1.97. The van der Waals surface area contributed by atoms with Gasteiger partial charge in [-0.05, 0) is 36.4 Å². The standard InChI is InChI=1S/C20H23F3N4O2S/c21-20(22,23)16-4-5-17(25-13-16)26-8-2-9-27(11-10-26)18(28)3-1-7-24-19(29)15-6-12-30-14-15/h4-6,12-14H,1-3,7-11H2,(H,24,29). The first-order valence-corrected chi connectivity index (χ1v) is 10.7. The van der Waals surface area contributed by atoms with Gasteiger partial charge in [-0.3, -0.25) is 9.59 Å². The van der Waals surface area contributed by atoms with Gasteiger partial charge < -0.3 is 15.1 Å². The van der Waals surface area contributed by atoms with Crippen LogP contribution in [0.25, 0.3) is 0 Å². The molecule has 30 heavy (non-hydrogen) atoms. The quantitative estimate of drug-likeness (QED) is 0.700. The maximum Gasteiger partial charge on any atom is 0.417 e. The van der Waals surface area contributed by atoms with Crippen molar-refractivity contribution in [1.29, 1.82) is 0 Å². The van der Waals surface area contributed by atoms with Gasteiger partial charge in [0.15, 0.2) is 0 Å². The lowest BCUT2D eigenvalue weighted by Crippen LogP contribution is -2.35. The number of hydrogen-bond acceptors (Lipinski definition) is 5. The lowest BCUT2D eigenvalue weighted by atomic mass is 10.2. The van der Waals surface area contributed by atoms with E-state index in [0.717, 1.165) is 12.3 Å². The zero-order chi connectivity index (χ0) is 21.6. The van der Waals surface area contributed by atoms with E-state index in [1.807, 2.05) is 10.3 Å². The monoisotopic (exact) mass is 440 g/mol. The van der Waals surface area contributed by atoms with Crippen molar-refractivity contribution in [3.8, 4) is 0 Å².